The van der Waals surface area contributed by atoms with Crippen LogP contribution < -0.4 is 10.1 Å². The Morgan fingerprint density at radius 1 is 1.44 bits per heavy atom. The van der Waals surface area contributed by atoms with E-state index in [2.05, 4.69) is 22.4 Å². The fourth-order valence-electron chi connectivity index (χ4n) is 1.26. The Morgan fingerprint density at radius 3 is 3.00 bits per heavy atom. The van der Waals surface area contributed by atoms with Crippen LogP contribution in [0.1, 0.15) is 16.8 Å². The van der Waals surface area contributed by atoms with Gasteiger partial charge in [-0.2, -0.15) is 0 Å². The number of nitrogens with zero attached hydrogens (tertiary/aromatic N) is 2. The average molecular weight is 255 g/mol. The molecule has 0 spiro atoms. The van der Waals surface area contributed by atoms with Crippen molar-refractivity contribution in [3.8, 4) is 5.75 Å². The van der Waals surface area contributed by atoms with Crippen molar-refractivity contribution in [2.75, 3.05) is 12.4 Å². The third-order valence-corrected chi connectivity index (χ3v) is 4.02. The smallest absolute Gasteiger partial charge is 0.205 e. The zero-order valence-electron chi connectivity index (χ0n) is 9.19. The van der Waals surface area contributed by atoms with Crippen molar-refractivity contribution < 1.29 is 4.74 Å². The summed E-state index contributed by atoms with van der Waals surface area (Å²) >= 11 is 3.27. The molecule has 0 fully saturated rings. The van der Waals surface area contributed by atoms with Crippen LogP contribution in [0.5, 0.6) is 5.75 Å². The van der Waals surface area contributed by atoms with E-state index >= 15 is 0 Å². The Morgan fingerprint density at radius 2 is 2.31 bits per heavy atom. The van der Waals surface area contributed by atoms with Crippen LogP contribution in [0.2, 0.25) is 0 Å². The lowest BCUT2D eigenvalue weighted by Gasteiger charge is -2.02. The first-order valence-electron chi connectivity index (χ1n) is 5.00. The first-order chi connectivity index (χ1) is 7.83. The predicted molar refractivity (Wildman–Crippen MR) is 67.5 cm³/mol. The van der Waals surface area contributed by atoms with Gasteiger partial charge in [0.05, 0.1) is 18.5 Å². The summed E-state index contributed by atoms with van der Waals surface area (Å²) in [6, 6.07) is 1.97. The number of ether oxygens (including phenoxy) is 1. The van der Waals surface area contributed by atoms with E-state index < -0.39 is 0 Å². The minimum atomic E-state index is 0.735. The van der Waals surface area contributed by atoms with E-state index in [1.54, 1.807) is 29.8 Å². The van der Waals surface area contributed by atoms with Crippen LogP contribution in [0, 0.1) is 0 Å². The zero-order chi connectivity index (χ0) is 11.4. The molecule has 2 rings (SSSR count). The molecule has 0 radical (unpaired) electrons. The van der Waals surface area contributed by atoms with Crippen molar-refractivity contribution >= 4 is 27.8 Å². The van der Waals surface area contributed by atoms with Gasteiger partial charge in [-0.3, -0.25) is 0 Å². The number of aryl methyl sites for hydroxylation is 1. The molecule has 86 valence electrons. The summed E-state index contributed by atoms with van der Waals surface area (Å²) in [6.45, 7) is 2.81. The van der Waals surface area contributed by atoms with Gasteiger partial charge in [0, 0.05) is 0 Å². The van der Waals surface area contributed by atoms with E-state index in [1.807, 2.05) is 11.4 Å². The summed E-state index contributed by atoms with van der Waals surface area (Å²) in [5, 5.41) is 15.3. The van der Waals surface area contributed by atoms with Crippen molar-refractivity contribution in [2.45, 2.75) is 19.9 Å². The molecular formula is C10H13N3OS2. The lowest BCUT2D eigenvalue weighted by molar-refractivity contribution is 0.413. The summed E-state index contributed by atoms with van der Waals surface area (Å²) in [5.41, 5.74) is 0. The molecule has 0 unspecified atom stereocenters. The van der Waals surface area contributed by atoms with Crippen LogP contribution in [0.15, 0.2) is 11.4 Å². The molecule has 2 aromatic rings. The van der Waals surface area contributed by atoms with E-state index in [0.717, 1.165) is 28.9 Å². The van der Waals surface area contributed by atoms with E-state index in [4.69, 9.17) is 4.74 Å². The van der Waals surface area contributed by atoms with Gasteiger partial charge in [0.2, 0.25) is 5.13 Å². The van der Waals surface area contributed by atoms with Crippen molar-refractivity contribution in [3.63, 3.8) is 0 Å². The minimum absolute atomic E-state index is 0.735. The van der Waals surface area contributed by atoms with Crippen LogP contribution in [0.25, 0.3) is 0 Å². The molecule has 0 bridgehead atoms. The van der Waals surface area contributed by atoms with E-state index in [9.17, 15) is 0 Å². The minimum Gasteiger partial charge on any atom is -0.496 e. The maximum absolute atomic E-state index is 5.24. The highest BCUT2D eigenvalue weighted by atomic mass is 32.1. The van der Waals surface area contributed by atoms with Crippen LogP contribution in [0.4, 0.5) is 5.13 Å². The van der Waals surface area contributed by atoms with Crippen LogP contribution in [-0.4, -0.2) is 17.3 Å². The molecule has 0 aliphatic rings. The number of hydrogen-bond donors (Lipinski definition) is 1. The summed E-state index contributed by atoms with van der Waals surface area (Å²) in [5.74, 6) is 0.928. The third-order valence-electron chi connectivity index (χ3n) is 2.09. The Labute approximate surface area is 102 Å². The van der Waals surface area contributed by atoms with Gasteiger partial charge in [-0.25, -0.2) is 0 Å². The first-order valence-corrected chi connectivity index (χ1v) is 6.69. The first kappa shape index (κ1) is 11.3. The molecule has 0 aliphatic heterocycles. The number of anilines is 1. The highest BCUT2D eigenvalue weighted by Crippen LogP contribution is 2.26. The Kier molecular flexibility index (Phi) is 3.74. The molecule has 4 nitrogen and oxygen atoms in total. The molecule has 0 amide bonds. The van der Waals surface area contributed by atoms with E-state index in [1.165, 1.54) is 4.88 Å². The molecule has 2 aromatic heterocycles. The van der Waals surface area contributed by atoms with Gasteiger partial charge in [-0.1, -0.05) is 18.3 Å². The molecule has 2 heterocycles. The number of methoxy groups -OCH3 is 1. The maximum Gasteiger partial charge on any atom is 0.205 e. The van der Waals surface area contributed by atoms with Gasteiger partial charge in [-0.05, 0) is 17.9 Å². The number of aromatic nitrogens is 2. The number of thiophene rings is 1. The van der Waals surface area contributed by atoms with Gasteiger partial charge in [0.1, 0.15) is 10.8 Å². The molecule has 0 atom stereocenters. The van der Waals surface area contributed by atoms with Crippen molar-refractivity contribution in [1.29, 1.82) is 0 Å². The zero-order valence-corrected chi connectivity index (χ0v) is 10.8. The van der Waals surface area contributed by atoms with Gasteiger partial charge < -0.3 is 10.1 Å². The van der Waals surface area contributed by atoms with Gasteiger partial charge in [-0.15, -0.1) is 21.5 Å². The Bertz CT molecular complexity index is 452. The predicted octanol–water partition coefficient (Wildman–Crippen LogP) is 2.78. The van der Waals surface area contributed by atoms with Gasteiger partial charge >= 0.3 is 0 Å². The average Bonchev–Trinajstić information content (AvgIpc) is 2.94. The van der Waals surface area contributed by atoms with Gasteiger partial charge in [0.25, 0.3) is 0 Å². The molecule has 0 saturated carbocycles. The molecular weight excluding hydrogens is 242 g/mol. The highest BCUT2D eigenvalue weighted by molar-refractivity contribution is 7.15. The number of hydrogen-bond acceptors (Lipinski definition) is 6. The van der Waals surface area contributed by atoms with E-state index in [-0.39, 0.29) is 0 Å². The van der Waals surface area contributed by atoms with Crippen LogP contribution in [0.3, 0.4) is 0 Å². The monoisotopic (exact) mass is 255 g/mol. The molecule has 16 heavy (non-hydrogen) atoms. The van der Waals surface area contributed by atoms with Crippen molar-refractivity contribution in [2.24, 2.45) is 0 Å². The number of rotatable bonds is 5. The number of nitrogens with one attached hydrogen (secondary N) is 1. The lowest BCUT2D eigenvalue weighted by atomic mass is 10.4. The van der Waals surface area contributed by atoms with Crippen molar-refractivity contribution in [1.82, 2.24) is 10.2 Å². The highest BCUT2D eigenvalue weighted by Gasteiger charge is 2.06. The third kappa shape index (κ3) is 2.51. The largest absolute Gasteiger partial charge is 0.496 e. The molecule has 6 heteroatoms. The molecule has 1 N–H and O–H groups in total. The summed E-state index contributed by atoms with van der Waals surface area (Å²) in [6.07, 6.45) is 0.932. The maximum atomic E-state index is 5.24. The van der Waals surface area contributed by atoms with Crippen LogP contribution >= 0.6 is 22.7 Å². The fourth-order valence-corrected chi connectivity index (χ4v) is 2.72. The fraction of sp³-hybridized carbons (Fsp3) is 0.400. The summed E-state index contributed by atoms with van der Waals surface area (Å²) in [4.78, 5) is 1.18. The summed E-state index contributed by atoms with van der Waals surface area (Å²) in [7, 11) is 1.69. The molecule has 0 saturated heterocycles. The molecule has 0 aromatic carbocycles. The van der Waals surface area contributed by atoms with Gasteiger partial charge in [0.15, 0.2) is 0 Å². The normalized spacial score (nSPS) is 10.4. The van der Waals surface area contributed by atoms with Crippen LogP contribution in [-0.2, 0) is 13.0 Å². The Balaban J connectivity index is 1.96. The molecule has 0 aliphatic carbocycles. The second-order valence-electron chi connectivity index (χ2n) is 3.12. The standard InChI is InChI=1S/C10H13N3OS2/c1-3-9-12-13-10(16-9)11-6-8-7(14-2)4-5-15-8/h4-5H,3,6H2,1-2H3,(H,11,13). The van der Waals surface area contributed by atoms with E-state index in [0.29, 0.717) is 0 Å². The second kappa shape index (κ2) is 5.27. The Hall–Kier alpha value is -1.14. The summed E-state index contributed by atoms with van der Waals surface area (Å²) < 4.78 is 5.24. The lowest BCUT2D eigenvalue weighted by Crippen LogP contribution is -1.98. The van der Waals surface area contributed by atoms with Crippen molar-refractivity contribution in [3.05, 3.63) is 21.3 Å². The topological polar surface area (TPSA) is 47.0 Å². The SMILES string of the molecule is CCc1nnc(NCc2sccc2OC)s1. The quantitative estimate of drug-likeness (QED) is 0.892. The second-order valence-corrected chi connectivity index (χ2v) is 5.18.